The molecular weight excluding hydrogens is 396 g/mol. The summed E-state index contributed by atoms with van der Waals surface area (Å²) in [4.78, 5) is 44.0. The van der Waals surface area contributed by atoms with Crippen LogP contribution in [0.25, 0.3) is 11.6 Å². The Labute approximate surface area is 182 Å². The number of para-hydroxylation sites is 2. The number of Topliss-reactive ketones (excluding diaryl/α,β-unsaturated/α-hetero) is 2. The standard InChI is InChI=1S/C13H14O3.C12H12O3/c1-9(2)11-6-4-5-7-12(11)16-13(15)8-10(3)14;1-3-10-6-4-5-7-11(10)15-12(14)8-9(2)13/h4-7H,1,8H2,2-3H3;3-7H,1,8H2,2H3. The maximum Gasteiger partial charge on any atom is 0.318 e. The van der Waals surface area contributed by atoms with E-state index in [0.717, 1.165) is 16.7 Å². The van der Waals surface area contributed by atoms with Crippen LogP contribution >= 0.6 is 0 Å². The number of ketones is 2. The summed E-state index contributed by atoms with van der Waals surface area (Å²) < 4.78 is 10.1. The van der Waals surface area contributed by atoms with Gasteiger partial charge in [0.05, 0.1) is 0 Å². The second-order valence-electron chi connectivity index (χ2n) is 6.72. The Hall–Kier alpha value is -3.80. The van der Waals surface area contributed by atoms with Gasteiger partial charge in [-0.25, -0.2) is 0 Å². The van der Waals surface area contributed by atoms with Crippen LogP contribution in [0.1, 0.15) is 44.7 Å². The van der Waals surface area contributed by atoms with Crippen molar-refractivity contribution in [3.63, 3.8) is 0 Å². The second kappa shape index (κ2) is 12.7. The van der Waals surface area contributed by atoms with Crippen LogP contribution in [0.3, 0.4) is 0 Å². The minimum Gasteiger partial charge on any atom is -0.426 e. The molecule has 0 N–H and O–H groups in total. The summed E-state index contributed by atoms with van der Waals surface area (Å²) in [7, 11) is 0. The van der Waals surface area contributed by atoms with Gasteiger partial charge >= 0.3 is 11.9 Å². The van der Waals surface area contributed by atoms with E-state index < -0.39 is 11.9 Å². The van der Waals surface area contributed by atoms with Gasteiger partial charge in [0.2, 0.25) is 0 Å². The minimum atomic E-state index is -0.545. The fourth-order valence-electron chi connectivity index (χ4n) is 2.37. The predicted octanol–water partition coefficient (Wildman–Crippen LogP) is 4.82. The van der Waals surface area contributed by atoms with Gasteiger partial charge in [0.25, 0.3) is 0 Å². The molecule has 0 fully saturated rings. The first-order valence-electron chi connectivity index (χ1n) is 9.50. The van der Waals surface area contributed by atoms with Gasteiger partial charge in [-0.15, -0.1) is 0 Å². The molecule has 0 radical (unpaired) electrons. The number of allylic oxidation sites excluding steroid dienone is 1. The van der Waals surface area contributed by atoms with E-state index in [0.29, 0.717) is 11.5 Å². The fraction of sp³-hybridized carbons (Fsp3) is 0.200. The largest absolute Gasteiger partial charge is 0.426 e. The van der Waals surface area contributed by atoms with Crippen molar-refractivity contribution in [3.8, 4) is 11.5 Å². The molecule has 31 heavy (non-hydrogen) atoms. The van der Waals surface area contributed by atoms with Crippen molar-refractivity contribution in [2.24, 2.45) is 0 Å². The van der Waals surface area contributed by atoms with Crippen molar-refractivity contribution in [1.82, 2.24) is 0 Å². The SMILES string of the molecule is C=C(C)c1ccccc1OC(=O)CC(C)=O.C=Cc1ccccc1OC(=O)CC(C)=O. The lowest BCUT2D eigenvalue weighted by atomic mass is 10.1. The number of rotatable bonds is 8. The van der Waals surface area contributed by atoms with Crippen molar-refractivity contribution in [1.29, 1.82) is 0 Å². The number of carbonyl (C=O) groups is 4. The molecular formula is C25H26O6. The van der Waals surface area contributed by atoms with Crippen molar-refractivity contribution < 1.29 is 28.7 Å². The summed E-state index contributed by atoms with van der Waals surface area (Å²) in [6, 6.07) is 14.1. The Morgan fingerprint density at radius 1 is 0.774 bits per heavy atom. The summed E-state index contributed by atoms with van der Waals surface area (Å²) in [5.41, 5.74) is 2.32. The molecule has 0 saturated heterocycles. The number of ether oxygens (including phenoxy) is 2. The Balaban J connectivity index is 0.000000311. The molecule has 0 aliphatic rings. The number of hydrogen-bond acceptors (Lipinski definition) is 6. The third-order valence-electron chi connectivity index (χ3n) is 3.72. The normalized spacial score (nSPS) is 9.52. The van der Waals surface area contributed by atoms with Gasteiger partial charge in [-0.05, 0) is 38.5 Å². The summed E-state index contributed by atoms with van der Waals surface area (Å²) in [6.45, 7) is 11.9. The number of hydrogen-bond donors (Lipinski definition) is 0. The molecule has 0 saturated carbocycles. The zero-order valence-electron chi connectivity index (χ0n) is 18.0. The van der Waals surface area contributed by atoms with Gasteiger partial charge in [-0.1, -0.05) is 55.6 Å². The van der Waals surface area contributed by atoms with Gasteiger partial charge in [-0.2, -0.15) is 0 Å². The molecule has 0 aliphatic carbocycles. The van der Waals surface area contributed by atoms with Gasteiger partial charge in [0.15, 0.2) is 0 Å². The third kappa shape index (κ3) is 9.49. The molecule has 0 bridgehead atoms. The van der Waals surface area contributed by atoms with E-state index in [4.69, 9.17) is 9.47 Å². The average Bonchev–Trinajstić information content (AvgIpc) is 2.67. The molecule has 0 heterocycles. The highest BCUT2D eigenvalue weighted by atomic mass is 16.5. The van der Waals surface area contributed by atoms with Crippen molar-refractivity contribution in [2.75, 3.05) is 0 Å². The lowest BCUT2D eigenvalue weighted by Gasteiger charge is -2.08. The molecule has 2 aromatic rings. The highest BCUT2D eigenvalue weighted by molar-refractivity contribution is 5.95. The van der Waals surface area contributed by atoms with E-state index in [-0.39, 0.29) is 24.4 Å². The number of benzene rings is 2. The van der Waals surface area contributed by atoms with E-state index in [1.807, 2.05) is 25.1 Å². The quantitative estimate of drug-likeness (QED) is 0.344. The maximum atomic E-state index is 11.3. The van der Waals surface area contributed by atoms with Crippen LogP contribution in [0, 0.1) is 0 Å². The van der Waals surface area contributed by atoms with Crippen LogP contribution in [0.5, 0.6) is 11.5 Å². The molecule has 0 aromatic heterocycles. The first-order chi connectivity index (χ1) is 14.6. The molecule has 162 valence electrons. The first kappa shape index (κ1) is 25.2. The van der Waals surface area contributed by atoms with Crippen LogP contribution in [-0.2, 0) is 19.2 Å². The van der Waals surface area contributed by atoms with Gasteiger partial charge in [0.1, 0.15) is 35.9 Å². The molecule has 0 spiro atoms. The van der Waals surface area contributed by atoms with Crippen LogP contribution in [0.15, 0.2) is 61.7 Å². The molecule has 0 aliphatic heterocycles. The third-order valence-corrected chi connectivity index (χ3v) is 3.72. The summed E-state index contributed by atoms with van der Waals surface area (Å²) in [5.74, 6) is -0.633. The predicted molar refractivity (Wildman–Crippen MR) is 120 cm³/mol. The van der Waals surface area contributed by atoms with E-state index in [1.165, 1.54) is 13.8 Å². The summed E-state index contributed by atoms with van der Waals surface area (Å²) in [5, 5.41) is 0. The van der Waals surface area contributed by atoms with E-state index in [1.54, 1.807) is 36.4 Å². The number of esters is 2. The van der Waals surface area contributed by atoms with Gasteiger partial charge in [-0.3, -0.25) is 19.2 Å². The summed E-state index contributed by atoms with van der Waals surface area (Å²) >= 11 is 0. The molecule has 6 heteroatoms. The monoisotopic (exact) mass is 422 g/mol. The zero-order valence-corrected chi connectivity index (χ0v) is 18.0. The lowest BCUT2D eigenvalue weighted by molar-refractivity contribution is -0.139. The molecule has 0 amide bonds. The van der Waals surface area contributed by atoms with Crippen LogP contribution in [0.4, 0.5) is 0 Å². The van der Waals surface area contributed by atoms with Gasteiger partial charge in [0, 0.05) is 11.1 Å². The van der Waals surface area contributed by atoms with Crippen molar-refractivity contribution in [3.05, 3.63) is 72.8 Å². The van der Waals surface area contributed by atoms with Crippen molar-refractivity contribution >= 4 is 35.2 Å². The summed E-state index contributed by atoms with van der Waals surface area (Å²) in [6.07, 6.45) is 1.19. The van der Waals surface area contributed by atoms with Gasteiger partial charge < -0.3 is 9.47 Å². The average molecular weight is 422 g/mol. The van der Waals surface area contributed by atoms with E-state index in [9.17, 15) is 19.2 Å². The number of carbonyl (C=O) groups excluding carboxylic acids is 4. The Bertz CT molecular complexity index is 987. The molecule has 0 unspecified atom stereocenters. The molecule has 0 atom stereocenters. The topological polar surface area (TPSA) is 86.7 Å². The zero-order chi connectivity index (χ0) is 23.4. The molecule has 2 rings (SSSR count). The second-order valence-corrected chi connectivity index (χ2v) is 6.72. The maximum absolute atomic E-state index is 11.3. The minimum absolute atomic E-state index is 0.203. The highest BCUT2D eigenvalue weighted by Gasteiger charge is 2.11. The van der Waals surface area contributed by atoms with Crippen LogP contribution in [0.2, 0.25) is 0 Å². The van der Waals surface area contributed by atoms with Crippen LogP contribution in [-0.4, -0.2) is 23.5 Å². The lowest BCUT2D eigenvalue weighted by Crippen LogP contribution is -2.12. The first-order valence-corrected chi connectivity index (χ1v) is 9.50. The van der Waals surface area contributed by atoms with Crippen molar-refractivity contribution in [2.45, 2.75) is 33.6 Å². The molecule has 6 nitrogen and oxygen atoms in total. The Kier molecular flexibility index (Phi) is 10.3. The highest BCUT2D eigenvalue weighted by Crippen LogP contribution is 2.24. The van der Waals surface area contributed by atoms with Crippen LogP contribution < -0.4 is 9.47 Å². The fourth-order valence-corrected chi connectivity index (χ4v) is 2.37. The smallest absolute Gasteiger partial charge is 0.318 e. The van der Waals surface area contributed by atoms with E-state index in [2.05, 4.69) is 13.2 Å². The van der Waals surface area contributed by atoms with E-state index >= 15 is 0 Å². The Morgan fingerprint density at radius 3 is 1.71 bits per heavy atom. The Morgan fingerprint density at radius 2 is 1.23 bits per heavy atom. The molecule has 2 aromatic carbocycles.